The first-order valence-electron chi connectivity index (χ1n) is 6.51. The molecule has 2 aromatic rings. The van der Waals surface area contributed by atoms with E-state index in [0.29, 0.717) is 0 Å². The third-order valence-corrected chi connectivity index (χ3v) is 2.79. The summed E-state index contributed by atoms with van der Waals surface area (Å²) in [5.74, 6) is -0.938. The Bertz CT molecular complexity index is 659. The number of hydrazone groups is 1. The minimum Gasteiger partial charge on any atom is -0.478 e. The molecule has 21 heavy (non-hydrogen) atoms. The lowest BCUT2D eigenvalue weighted by molar-refractivity contribution is 0.0697. The van der Waals surface area contributed by atoms with Crippen LogP contribution < -0.4 is 5.43 Å². The quantitative estimate of drug-likeness (QED) is 0.645. The van der Waals surface area contributed by atoms with E-state index < -0.39 is 5.97 Å². The molecule has 0 aliphatic heterocycles. The van der Waals surface area contributed by atoms with Gasteiger partial charge >= 0.3 is 5.97 Å². The van der Waals surface area contributed by atoms with Crippen molar-refractivity contribution in [3.63, 3.8) is 0 Å². The van der Waals surface area contributed by atoms with Gasteiger partial charge in [0.2, 0.25) is 0 Å². The zero-order valence-corrected chi connectivity index (χ0v) is 11.7. The Hall–Kier alpha value is -2.88. The van der Waals surface area contributed by atoms with Gasteiger partial charge in [0.1, 0.15) is 0 Å². The normalized spacial score (nSPS) is 11.6. The Morgan fingerprint density at radius 1 is 1.10 bits per heavy atom. The molecule has 0 amide bonds. The molecule has 0 unspecified atom stereocenters. The predicted molar refractivity (Wildman–Crippen MR) is 85.6 cm³/mol. The maximum atomic E-state index is 10.7. The molecule has 0 aliphatic rings. The van der Waals surface area contributed by atoms with Crippen LogP contribution in [0.1, 0.15) is 22.8 Å². The second-order valence-corrected chi connectivity index (χ2v) is 4.55. The highest BCUT2D eigenvalue weighted by molar-refractivity contribution is 5.88. The fourth-order valence-corrected chi connectivity index (χ4v) is 1.75. The first-order chi connectivity index (χ1) is 10.1. The van der Waals surface area contributed by atoms with E-state index >= 15 is 0 Å². The van der Waals surface area contributed by atoms with Gasteiger partial charge < -0.3 is 5.11 Å². The SMILES string of the molecule is C/C(C=NNc1ccc(C(=O)O)cc1)=C/c1ccccc1. The number of hydrogen-bond acceptors (Lipinski definition) is 3. The second-order valence-electron chi connectivity index (χ2n) is 4.55. The average Bonchev–Trinajstić information content (AvgIpc) is 2.49. The summed E-state index contributed by atoms with van der Waals surface area (Å²) >= 11 is 0. The number of anilines is 1. The van der Waals surface area contributed by atoms with Gasteiger partial charge in [-0.25, -0.2) is 4.79 Å². The van der Waals surface area contributed by atoms with Crippen molar-refractivity contribution >= 4 is 23.9 Å². The molecule has 2 rings (SSSR count). The Balaban J connectivity index is 1.95. The molecule has 0 bridgehead atoms. The van der Waals surface area contributed by atoms with E-state index in [1.165, 1.54) is 12.1 Å². The van der Waals surface area contributed by atoms with E-state index in [1.807, 2.05) is 43.3 Å². The zero-order valence-electron chi connectivity index (χ0n) is 11.7. The minimum atomic E-state index is -0.938. The topological polar surface area (TPSA) is 61.7 Å². The average molecular weight is 280 g/mol. The summed E-state index contributed by atoms with van der Waals surface area (Å²) in [7, 11) is 0. The fraction of sp³-hybridized carbons (Fsp3) is 0.0588. The molecule has 0 aliphatic carbocycles. The van der Waals surface area contributed by atoms with Crippen molar-refractivity contribution in [1.29, 1.82) is 0 Å². The van der Waals surface area contributed by atoms with Gasteiger partial charge in [0.25, 0.3) is 0 Å². The van der Waals surface area contributed by atoms with E-state index in [4.69, 9.17) is 5.11 Å². The Labute approximate surface area is 123 Å². The van der Waals surface area contributed by atoms with Crippen LogP contribution in [0.25, 0.3) is 6.08 Å². The highest BCUT2D eigenvalue weighted by Gasteiger charge is 2.00. The van der Waals surface area contributed by atoms with Crippen LogP contribution in [0.4, 0.5) is 5.69 Å². The zero-order chi connectivity index (χ0) is 15.1. The monoisotopic (exact) mass is 280 g/mol. The summed E-state index contributed by atoms with van der Waals surface area (Å²) in [5.41, 5.74) is 5.98. The summed E-state index contributed by atoms with van der Waals surface area (Å²) in [6.07, 6.45) is 3.75. The number of aromatic carboxylic acids is 1. The second kappa shape index (κ2) is 7.05. The third kappa shape index (κ3) is 4.62. The van der Waals surface area contributed by atoms with Crippen LogP contribution in [0.2, 0.25) is 0 Å². The van der Waals surface area contributed by atoms with Gasteiger partial charge in [0.05, 0.1) is 17.5 Å². The first kappa shape index (κ1) is 14.5. The molecule has 2 aromatic carbocycles. The largest absolute Gasteiger partial charge is 0.478 e. The van der Waals surface area contributed by atoms with E-state index in [-0.39, 0.29) is 5.56 Å². The molecule has 2 N–H and O–H groups in total. The summed E-state index contributed by atoms with van der Waals surface area (Å²) < 4.78 is 0. The lowest BCUT2D eigenvalue weighted by atomic mass is 10.1. The van der Waals surface area contributed by atoms with Crippen molar-refractivity contribution in [2.75, 3.05) is 5.43 Å². The highest BCUT2D eigenvalue weighted by atomic mass is 16.4. The summed E-state index contributed by atoms with van der Waals surface area (Å²) in [6.45, 7) is 1.96. The standard InChI is InChI=1S/C17H16N2O2/c1-13(11-14-5-3-2-4-6-14)12-18-19-16-9-7-15(8-10-16)17(20)21/h2-12,19H,1H3,(H,20,21)/b13-11-,18-12?. The molecule has 0 heterocycles. The van der Waals surface area contributed by atoms with Gasteiger partial charge in [-0.3, -0.25) is 5.43 Å². The number of benzene rings is 2. The summed E-state index contributed by atoms with van der Waals surface area (Å²) in [4.78, 5) is 10.7. The van der Waals surface area contributed by atoms with E-state index in [1.54, 1.807) is 18.3 Å². The molecule has 0 atom stereocenters. The van der Waals surface area contributed by atoms with Crippen LogP contribution in [0.5, 0.6) is 0 Å². The fourth-order valence-electron chi connectivity index (χ4n) is 1.75. The van der Waals surface area contributed by atoms with Gasteiger partial charge in [-0.05, 0) is 42.3 Å². The minimum absolute atomic E-state index is 0.254. The lowest BCUT2D eigenvalue weighted by Crippen LogP contribution is -1.96. The van der Waals surface area contributed by atoms with Crippen LogP contribution >= 0.6 is 0 Å². The number of carboxylic acid groups (broad SMARTS) is 1. The van der Waals surface area contributed by atoms with Gasteiger partial charge in [0, 0.05) is 0 Å². The van der Waals surface area contributed by atoms with E-state index in [0.717, 1.165) is 16.8 Å². The summed E-state index contributed by atoms with van der Waals surface area (Å²) in [5, 5.41) is 12.9. The molecule has 106 valence electrons. The van der Waals surface area contributed by atoms with Crippen molar-refractivity contribution in [2.45, 2.75) is 6.92 Å². The molecule has 0 saturated heterocycles. The third-order valence-electron chi connectivity index (χ3n) is 2.79. The lowest BCUT2D eigenvalue weighted by Gasteiger charge is -2.00. The molecule has 4 heteroatoms. The van der Waals surface area contributed by atoms with Crippen molar-refractivity contribution in [2.24, 2.45) is 5.10 Å². The molecule has 0 saturated carbocycles. The molecule has 4 nitrogen and oxygen atoms in total. The van der Waals surface area contributed by atoms with E-state index in [2.05, 4.69) is 10.5 Å². The van der Waals surface area contributed by atoms with Gasteiger partial charge in [0.15, 0.2) is 0 Å². The van der Waals surface area contributed by atoms with Crippen LogP contribution in [0.3, 0.4) is 0 Å². The van der Waals surface area contributed by atoms with Crippen LogP contribution in [0.15, 0.2) is 65.3 Å². The number of rotatable bonds is 5. The molecular weight excluding hydrogens is 264 g/mol. The molecular formula is C17H16N2O2. The van der Waals surface area contributed by atoms with Crippen LogP contribution in [-0.2, 0) is 0 Å². The molecule has 0 spiro atoms. The Morgan fingerprint density at radius 3 is 2.38 bits per heavy atom. The first-order valence-corrected chi connectivity index (χ1v) is 6.51. The smallest absolute Gasteiger partial charge is 0.335 e. The maximum Gasteiger partial charge on any atom is 0.335 e. The number of hydrogen-bond donors (Lipinski definition) is 2. The van der Waals surface area contributed by atoms with Crippen molar-refractivity contribution in [1.82, 2.24) is 0 Å². The number of nitrogens with one attached hydrogen (secondary N) is 1. The number of nitrogens with zero attached hydrogens (tertiary/aromatic N) is 1. The number of carbonyl (C=O) groups is 1. The highest BCUT2D eigenvalue weighted by Crippen LogP contribution is 2.09. The van der Waals surface area contributed by atoms with Crippen LogP contribution in [0, 0.1) is 0 Å². The Morgan fingerprint density at radius 2 is 1.76 bits per heavy atom. The molecule has 0 radical (unpaired) electrons. The molecule has 0 fully saturated rings. The van der Waals surface area contributed by atoms with Crippen molar-refractivity contribution in [3.8, 4) is 0 Å². The van der Waals surface area contributed by atoms with Gasteiger partial charge in [-0.1, -0.05) is 36.4 Å². The van der Waals surface area contributed by atoms with Crippen LogP contribution in [-0.4, -0.2) is 17.3 Å². The van der Waals surface area contributed by atoms with Crippen molar-refractivity contribution in [3.05, 3.63) is 71.3 Å². The molecule has 0 aromatic heterocycles. The summed E-state index contributed by atoms with van der Waals surface area (Å²) in [6, 6.07) is 16.4. The number of allylic oxidation sites excluding steroid dienone is 1. The Kier molecular flexibility index (Phi) is 4.88. The van der Waals surface area contributed by atoms with E-state index in [9.17, 15) is 4.79 Å². The maximum absolute atomic E-state index is 10.7. The van der Waals surface area contributed by atoms with Crippen molar-refractivity contribution < 1.29 is 9.90 Å². The van der Waals surface area contributed by atoms with Gasteiger partial charge in [-0.2, -0.15) is 5.10 Å². The predicted octanol–water partition coefficient (Wildman–Crippen LogP) is 3.89. The number of carboxylic acids is 1. The van der Waals surface area contributed by atoms with Gasteiger partial charge in [-0.15, -0.1) is 0 Å².